The predicted octanol–water partition coefficient (Wildman–Crippen LogP) is 2.14. The number of carbonyl (C=O) groups excluding carboxylic acids is 1. The zero-order valence-corrected chi connectivity index (χ0v) is 9.75. The van der Waals surface area contributed by atoms with Gasteiger partial charge in [0, 0.05) is 5.56 Å². The highest BCUT2D eigenvalue weighted by Crippen LogP contribution is 2.16. The van der Waals surface area contributed by atoms with Gasteiger partial charge in [-0.15, -0.1) is 0 Å². The number of carbonyl (C=O) groups is 1. The number of hydrogen-bond donors (Lipinski definition) is 2. The SMILES string of the molecule is CC(=NNC(=O)c1ccco1)c1ccccc1O. The molecule has 0 aliphatic heterocycles. The van der Waals surface area contributed by atoms with E-state index in [4.69, 9.17) is 4.42 Å². The lowest BCUT2D eigenvalue weighted by molar-refractivity contribution is 0.0927. The predicted molar refractivity (Wildman–Crippen MR) is 66.5 cm³/mol. The number of nitrogens with one attached hydrogen (secondary N) is 1. The van der Waals surface area contributed by atoms with Gasteiger partial charge in [0.15, 0.2) is 5.76 Å². The summed E-state index contributed by atoms with van der Waals surface area (Å²) < 4.78 is 4.93. The molecule has 1 aromatic carbocycles. The summed E-state index contributed by atoms with van der Waals surface area (Å²) in [6.07, 6.45) is 1.41. The molecule has 5 heteroatoms. The number of phenolic OH excluding ortho intramolecular Hbond substituents is 1. The Labute approximate surface area is 104 Å². The molecule has 1 aromatic heterocycles. The topological polar surface area (TPSA) is 74.8 Å². The van der Waals surface area contributed by atoms with Crippen LogP contribution in [0.3, 0.4) is 0 Å². The third kappa shape index (κ3) is 2.57. The van der Waals surface area contributed by atoms with Gasteiger partial charge in [0.25, 0.3) is 0 Å². The summed E-state index contributed by atoms with van der Waals surface area (Å²) in [6, 6.07) is 9.93. The molecular weight excluding hydrogens is 232 g/mol. The molecule has 0 atom stereocenters. The molecular formula is C13H12N2O3. The number of para-hydroxylation sites is 1. The van der Waals surface area contributed by atoms with Gasteiger partial charge in [-0.1, -0.05) is 12.1 Å². The first-order chi connectivity index (χ1) is 8.68. The van der Waals surface area contributed by atoms with Crippen LogP contribution < -0.4 is 5.43 Å². The smallest absolute Gasteiger partial charge is 0.307 e. The third-order valence-corrected chi connectivity index (χ3v) is 2.36. The number of hydrogen-bond acceptors (Lipinski definition) is 4. The third-order valence-electron chi connectivity index (χ3n) is 2.36. The van der Waals surface area contributed by atoms with E-state index in [0.717, 1.165) is 0 Å². The summed E-state index contributed by atoms with van der Waals surface area (Å²) in [7, 11) is 0. The fraction of sp³-hybridized carbons (Fsp3) is 0.0769. The zero-order chi connectivity index (χ0) is 13.0. The van der Waals surface area contributed by atoms with Crippen molar-refractivity contribution in [1.29, 1.82) is 0 Å². The first-order valence-corrected chi connectivity index (χ1v) is 5.35. The molecule has 2 rings (SSSR count). The number of phenols is 1. The van der Waals surface area contributed by atoms with Crippen LogP contribution in [0.4, 0.5) is 0 Å². The van der Waals surface area contributed by atoms with Gasteiger partial charge in [-0.3, -0.25) is 4.79 Å². The van der Waals surface area contributed by atoms with Crippen LogP contribution in [0.5, 0.6) is 5.75 Å². The van der Waals surface area contributed by atoms with E-state index in [1.807, 2.05) is 0 Å². The molecule has 1 amide bonds. The largest absolute Gasteiger partial charge is 0.507 e. The summed E-state index contributed by atoms with van der Waals surface area (Å²) in [5.74, 6) is -0.135. The monoisotopic (exact) mass is 244 g/mol. The lowest BCUT2D eigenvalue weighted by Gasteiger charge is -2.03. The number of benzene rings is 1. The van der Waals surface area contributed by atoms with E-state index in [1.165, 1.54) is 6.26 Å². The Balaban J connectivity index is 2.11. The van der Waals surface area contributed by atoms with E-state index < -0.39 is 5.91 Å². The fourth-order valence-electron chi connectivity index (χ4n) is 1.44. The van der Waals surface area contributed by atoms with Crippen molar-refractivity contribution >= 4 is 11.6 Å². The van der Waals surface area contributed by atoms with Crippen molar-refractivity contribution in [2.24, 2.45) is 5.10 Å². The maximum atomic E-state index is 11.6. The van der Waals surface area contributed by atoms with Gasteiger partial charge in [0.2, 0.25) is 0 Å². The van der Waals surface area contributed by atoms with Gasteiger partial charge in [-0.25, -0.2) is 5.43 Å². The van der Waals surface area contributed by atoms with Crippen LogP contribution in [0, 0.1) is 0 Å². The van der Waals surface area contributed by atoms with Crippen molar-refractivity contribution in [3.8, 4) is 5.75 Å². The van der Waals surface area contributed by atoms with Crippen molar-refractivity contribution < 1.29 is 14.3 Å². The Morgan fingerprint density at radius 1 is 1.28 bits per heavy atom. The number of nitrogens with zero attached hydrogens (tertiary/aromatic N) is 1. The summed E-state index contributed by atoms with van der Waals surface area (Å²) in [6.45, 7) is 1.69. The van der Waals surface area contributed by atoms with Gasteiger partial charge >= 0.3 is 5.91 Å². The molecule has 92 valence electrons. The maximum Gasteiger partial charge on any atom is 0.307 e. The van der Waals surface area contributed by atoms with Crippen molar-refractivity contribution in [3.63, 3.8) is 0 Å². The molecule has 18 heavy (non-hydrogen) atoms. The lowest BCUT2D eigenvalue weighted by Crippen LogP contribution is -2.18. The summed E-state index contributed by atoms with van der Waals surface area (Å²) in [5, 5.41) is 13.5. The van der Waals surface area contributed by atoms with Gasteiger partial charge in [-0.05, 0) is 31.2 Å². The minimum Gasteiger partial charge on any atom is -0.507 e. The van der Waals surface area contributed by atoms with Crippen LogP contribution >= 0.6 is 0 Å². The molecule has 1 heterocycles. The minimum absolute atomic E-state index is 0.117. The Bertz CT molecular complexity index is 574. The molecule has 0 aliphatic rings. The summed E-state index contributed by atoms with van der Waals surface area (Å²) in [4.78, 5) is 11.6. The standard InChI is InChI=1S/C13H12N2O3/c1-9(10-5-2-3-6-11(10)16)14-15-13(17)12-7-4-8-18-12/h2-8,16H,1H3,(H,15,17). The number of amides is 1. The van der Waals surface area contributed by atoms with Crippen molar-refractivity contribution in [2.45, 2.75) is 6.92 Å². The van der Waals surface area contributed by atoms with Crippen LogP contribution in [0.2, 0.25) is 0 Å². The van der Waals surface area contributed by atoms with Gasteiger partial charge in [0.05, 0.1) is 12.0 Å². The van der Waals surface area contributed by atoms with Crippen LogP contribution in [0.15, 0.2) is 52.2 Å². The molecule has 0 spiro atoms. The first kappa shape index (κ1) is 11.9. The Hall–Kier alpha value is -2.56. The molecule has 0 saturated carbocycles. The normalized spacial score (nSPS) is 11.3. The van der Waals surface area contributed by atoms with E-state index in [0.29, 0.717) is 11.3 Å². The first-order valence-electron chi connectivity index (χ1n) is 5.35. The lowest BCUT2D eigenvalue weighted by atomic mass is 10.1. The molecule has 2 N–H and O–H groups in total. The Kier molecular flexibility index (Phi) is 3.43. The second-order valence-electron chi connectivity index (χ2n) is 3.63. The fourth-order valence-corrected chi connectivity index (χ4v) is 1.44. The zero-order valence-electron chi connectivity index (χ0n) is 9.75. The van der Waals surface area contributed by atoms with Crippen LogP contribution in [0.1, 0.15) is 23.0 Å². The molecule has 0 saturated heterocycles. The van der Waals surface area contributed by atoms with E-state index in [9.17, 15) is 9.90 Å². The number of rotatable bonds is 3. The van der Waals surface area contributed by atoms with Gasteiger partial charge in [-0.2, -0.15) is 5.10 Å². The Morgan fingerprint density at radius 3 is 2.72 bits per heavy atom. The van der Waals surface area contributed by atoms with E-state index in [-0.39, 0.29) is 11.5 Å². The van der Waals surface area contributed by atoms with Gasteiger partial charge < -0.3 is 9.52 Å². The highest BCUT2D eigenvalue weighted by molar-refractivity contribution is 6.02. The maximum absolute atomic E-state index is 11.6. The molecule has 5 nitrogen and oxygen atoms in total. The highest BCUT2D eigenvalue weighted by Gasteiger charge is 2.08. The van der Waals surface area contributed by atoms with Crippen LogP contribution in [-0.2, 0) is 0 Å². The Morgan fingerprint density at radius 2 is 2.06 bits per heavy atom. The van der Waals surface area contributed by atoms with Crippen LogP contribution in [-0.4, -0.2) is 16.7 Å². The second kappa shape index (κ2) is 5.18. The number of hydrazone groups is 1. The summed E-state index contributed by atoms with van der Waals surface area (Å²) in [5.41, 5.74) is 3.43. The molecule has 0 unspecified atom stereocenters. The van der Waals surface area contributed by atoms with E-state index in [2.05, 4.69) is 10.5 Å². The number of aromatic hydroxyl groups is 1. The van der Waals surface area contributed by atoms with Crippen molar-refractivity contribution in [1.82, 2.24) is 5.43 Å². The average molecular weight is 244 g/mol. The second-order valence-corrected chi connectivity index (χ2v) is 3.63. The van der Waals surface area contributed by atoms with E-state index >= 15 is 0 Å². The molecule has 0 aliphatic carbocycles. The van der Waals surface area contributed by atoms with Crippen molar-refractivity contribution in [3.05, 3.63) is 54.0 Å². The van der Waals surface area contributed by atoms with Gasteiger partial charge in [0.1, 0.15) is 5.75 Å². The van der Waals surface area contributed by atoms with E-state index in [1.54, 1.807) is 43.3 Å². The number of furan rings is 1. The quantitative estimate of drug-likeness (QED) is 0.641. The average Bonchev–Trinajstić information content (AvgIpc) is 2.90. The molecule has 0 bridgehead atoms. The molecule has 0 fully saturated rings. The van der Waals surface area contributed by atoms with Crippen LogP contribution in [0.25, 0.3) is 0 Å². The van der Waals surface area contributed by atoms with Crippen molar-refractivity contribution in [2.75, 3.05) is 0 Å². The minimum atomic E-state index is -0.435. The highest BCUT2D eigenvalue weighted by atomic mass is 16.3. The molecule has 0 radical (unpaired) electrons. The molecule has 2 aromatic rings. The summed E-state index contributed by atoms with van der Waals surface area (Å²) >= 11 is 0.